The first-order valence-corrected chi connectivity index (χ1v) is 9.33. The second-order valence-corrected chi connectivity index (χ2v) is 7.04. The smallest absolute Gasteiger partial charge is 0.226 e. The maximum atomic E-state index is 6.32. The Morgan fingerprint density at radius 1 is 1.11 bits per heavy atom. The van der Waals surface area contributed by atoms with Crippen molar-refractivity contribution < 1.29 is 4.74 Å². The van der Waals surface area contributed by atoms with E-state index in [-0.39, 0.29) is 11.3 Å². The highest BCUT2D eigenvalue weighted by molar-refractivity contribution is 6.28. The molecule has 0 N–H and O–H groups in total. The van der Waals surface area contributed by atoms with E-state index in [0.29, 0.717) is 13.2 Å². The molecular formula is C20H18ClN5O. The average Bonchev–Trinajstić information content (AvgIpc) is 3.11. The molecule has 0 aliphatic carbocycles. The van der Waals surface area contributed by atoms with Crippen LogP contribution in [-0.4, -0.2) is 45.3 Å². The van der Waals surface area contributed by atoms with Gasteiger partial charge in [-0.1, -0.05) is 18.2 Å². The van der Waals surface area contributed by atoms with Gasteiger partial charge in [0.05, 0.1) is 35.8 Å². The van der Waals surface area contributed by atoms with E-state index in [2.05, 4.69) is 43.5 Å². The first kappa shape index (κ1) is 16.5. The molecule has 27 heavy (non-hydrogen) atoms. The van der Waals surface area contributed by atoms with Crippen molar-refractivity contribution in [1.29, 1.82) is 0 Å². The molecule has 6 nitrogen and oxygen atoms in total. The average molecular weight is 380 g/mol. The molecule has 4 heterocycles. The van der Waals surface area contributed by atoms with Gasteiger partial charge in [-0.05, 0) is 36.7 Å². The molecule has 1 aliphatic heterocycles. The number of morpholine rings is 1. The summed E-state index contributed by atoms with van der Waals surface area (Å²) in [5.74, 6) is 0.859. The monoisotopic (exact) mass is 379 g/mol. The Morgan fingerprint density at radius 2 is 2.00 bits per heavy atom. The lowest BCUT2D eigenvalue weighted by Crippen LogP contribution is -2.44. The second-order valence-electron chi connectivity index (χ2n) is 6.70. The Balaban J connectivity index is 1.73. The zero-order valence-corrected chi connectivity index (χ0v) is 15.6. The molecule has 1 saturated heterocycles. The standard InChI is InChI=1S/C20H18ClN5O/c1-13-12-27-11-10-25(13)18-15-7-9-26(19(15)24-20(21)23-18)17-6-8-22-16-5-3-2-4-14(16)17/h2-9,13H,10-12H2,1H3/t13-/m1/s1. The molecule has 1 atom stereocenters. The number of hydrogen-bond donors (Lipinski definition) is 0. The van der Waals surface area contributed by atoms with Crippen molar-refractivity contribution in [1.82, 2.24) is 19.5 Å². The number of fused-ring (bicyclic) bond motifs is 2. The predicted molar refractivity (Wildman–Crippen MR) is 107 cm³/mol. The van der Waals surface area contributed by atoms with E-state index in [9.17, 15) is 0 Å². The van der Waals surface area contributed by atoms with Gasteiger partial charge in [0.25, 0.3) is 0 Å². The number of rotatable bonds is 2. The van der Waals surface area contributed by atoms with Gasteiger partial charge in [-0.15, -0.1) is 0 Å². The quantitative estimate of drug-likeness (QED) is 0.495. The van der Waals surface area contributed by atoms with Crippen molar-refractivity contribution in [2.24, 2.45) is 0 Å². The van der Waals surface area contributed by atoms with Gasteiger partial charge in [-0.2, -0.15) is 9.97 Å². The first-order valence-electron chi connectivity index (χ1n) is 8.95. The fourth-order valence-electron chi connectivity index (χ4n) is 3.72. The minimum atomic E-state index is 0.234. The summed E-state index contributed by atoms with van der Waals surface area (Å²) in [6.07, 6.45) is 3.84. The largest absolute Gasteiger partial charge is 0.377 e. The van der Waals surface area contributed by atoms with Crippen molar-refractivity contribution in [2.75, 3.05) is 24.7 Å². The lowest BCUT2D eigenvalue weighted by Gasteiger charge is -2.34. The number of ether oxygens (including phenoxy) is 1. The van der Waals surface area contributed by atoms with Crippen molar-refractivity contribution in [2.45, 2.75) is 13.0 Å². The highest BCUT2D eigenvalue weighted by atomic mass is 35.5. The van der Waals surface area contributed by atoms with Crippen LogP contribution < -0.4 is 4.90 Å². The number of aromatic nitrogens is 4. The fraction of sp³-hybridized carbons (Fsp3) is 0.250. The van der Waals surface area contributed by atoms with Gasteiger partial charge in [-0.3, -0.25) is 4.98 Å². The molecule has 5 rings (SSSR count). The van der Waals surface area contributed by atoms with E-state index in [0.717, 1.165) is 40.0 Å². The van der Waals surface area contributed by atoms with Crippen LogP contribution >= 0.6 is 11.6 Å². The lowest BCUT2D eigenvalue weighted by atomic mass is 10.2. The van der Waals surface area contributed by atoms with Crippen LogP contribution in [0.2, 0.25) is 5.28 Å². The first-order chi connectivity index (χ1) is 13.2. The van der Waals surface area contributed by atoms with Crippen LogP contribution in [-0.2, 0) is 4.74 Å². The number of nitrogens with zero attached hydrogens (tertiary/aromatic N) is 5. The summed E-state index contributed by atoms with van der Waals surface area (Å²) in [6, 6.07) is 12.4. The number of hydrogen-bond acceptors (Lipinski definition) is 5. The molecule has 4 aromatic rings. The molecule has 0 amide bonds. The third-order valence-corrected chi connectivity index (χ3v) is 5.19. The number of anilines is 1. The van der Waals surface area contributed by atoms with Crippen molar-refractivity contribution >= 4 is 39.4 Å². The molecule has 136 valence electrons. The molecule has 0 radical (unpaired) electrons. The molecular weight excluding hydrogens is 362 g/mol. The summed E-state index contributed by atoms with van der Waals surface area (Å²) in [7, 11) is 0. The summed E-state index contributed by atoms with van der Waals surface area (Å²) in [4.78, 5) is 15.8. The molecule has 1 aliphatic rings. The van der Waals surface area contributed by atoms with E-state index in [1.54, 1.807) is 0 Å². The Kier molecular flexibility index (Phi) is 3.95. The zero-order chi connectivity index (χ0) is 18.4. The molecule has 0 bridgehead atoms. The van der Waals surface area contributed by atoms with E-state index in [1.807, 2.05) is 36.7 Å². The Hall–Kier alpha value is -2.70. The molecule has 0 unspecified atom stereocenters. The van der Waals surface area contributed by atoms with Crippen LogP contribution in [0.3, 0.4) is 0 Å². The Morgan fingerprint density at radius 3 is 2.89 bits per heavy atom. The maximum absolute atomic E-state index is 6.32. The summed E-state index contributed by atoms with van der Waals surface area (Å²) < 4.78 is 7.63. The van der Waals surface area contributed by atoms with Gasteiger partial charge in [0, 0.05) is 24.3 Å². The van der Waals surface area contributed by atoms with Crippen LogP contribution in [0.4, 0.5) is 5.82 Å². The molecule has 1 fully saturated rings. The highest BCUT2D eigenvalue weighted by Gasteiger charge is 2.24. The summed E-state index contributed by atoms with van der Waals surface area (Å²) >= 11 is 6.32. The summed E-state index contributed by atoms with van der Waals surface area (Å²) in [6.45, 7) is 4.28. The van der Waals surface area contributed by atoms with E-state index >= 15 is 0 Å². The van der Waals surface area contributed by atoms with Crippen molar-refractivity contribution in [3.05, 3.63) is 54.1 Å². The lowest BCUT2D eigenvalue weighted by molar-refractivity contribution is 0.0987. The predicted octanol–water partition coefficient (Wildman–Crippen LogP) is 3.85. The Bertz CT molecular complexity index is 1140. The van der Waals surface area contributed by atoms with Crippen LogP contribution in [0.1, 0.15) is 6.92 Å². The minimum Gasteiger partial charge on any atom is -0.377 e. The van der Waals surface area contributed by atoms with Crippen LogP contribution in [0.5, 0.6) is 0 Å². The second kappa shape index (κ2) is 6.48. The van der Waals surface area contributed by atoms with E-state index in [1.165, 1.54) is 0 Å². The molecule has 0 saturated carbocycles. The summed E-state index contributed by atoms with van der Waals surface area (Å²) in [5, 5.41) is 2.29. The zero-order valence-electron chi connectivity index (χ0n) is 14.8. The Labute approximate surface area is 161 Å². The van der Waals surface area contributed by atoms with E-state index in [4.69, 9.17) is 16.3 Å². The maximum Gasteiger partial charge on any atom is 0.226 e. The fourth-order valence-corrected chi connectivity index (χ4v) is 3.88. The number of para-hydroxylation sites is 1. The van der Waals surface area contributed by atoms with Crippen molar-refractivity contribution in [3.63, 3.8) is 0 Å². The van der Waals surface area contributed by atoms with Crippen molar-refractivity contribution in [3.8, 4) is 5.69 Å². The third kappa shape index (κ3) is 2.72. The number of halogens is 1. The van der Waals surface area contributed by atoms with Gasteiger partial charge < -0.3 is 14.2 Å². The van der Waals surface area contributed by atoms with E-state index < -0.39 is 0 Å². The van der Waals surface area contributed by atoms with Gasteiger partial charge in [-0.25, -0.2) is 0 Å². The van der Waals surface area contributed by atoms with Crippen LogP contribution in [0, 0.1) is 0 Å². The summed E-state index contributed by atoms with van der Waals surface area (Å²) in [5.41, 5.74) is 2.76. The SMILES string of the molecule is C[C@@H]1COCCN1c1nc(Cl)nc2c1ccn2-c1ccnc2ccccc12. The van der Waals surface area contributed by atoms with Gasteiger partial charge in [0.1, 0.15) is 5.82 Å². The van der Waals surface area contributed by atoms with Crippen LogP contribution in [0.15, 0.2) is 48.8 Å². The molecule has 3 aromatic heterocycles. The van der Waals surface area contributed by atoms with Gasteiger partial charge in [0.2, 0.25) is 5.28 Å². The number of benzene rings is 1. The van der Waals surface area contributed by atoms with Gasteiger partial charge >= 0.3 is 0 Å². The minimum absolute atomic E-state index is 0.234. The van der Waals surface area contributed by atoms with Crippen LogP contribution in [0.25, 0.3) is 27.6 Å². The number of pyridine rings is 1. The molecule has 0 spiro atoms. The van der Waals surface area contributed by atoms with Gasteiger partial charge in [0.15, 0.2) is 5.65 Å². The third-order valence-electron chi connectivity index (χ3n) is 5.02. The normalized spacial score (nSPS) is 17.7. The topological polar surface area (TPSA) is 56.1 Å². The highest BCUT2D eigenvalue weighted by Crippen LogP contribution is 2.31. The molecule has 1 aromatic carbocycles. The molecule has 7 heteroatoms.